The van der Waals surface area contributed by atoms with E-state index in [-0.39, 0.29) is 17.8 Å². The van der Waals surface area contributed by atoms with Crippen molar-refractivity contribution in [3.05, 3.63) is 114 Å². The lowest BCUT2D eigenvalue weighted by Gasteiger charge is -2.14. The zero-order valence-electron chi connectivity index (χ0n) is 20.5. The second kappa shape index (κ2) is 10.4. The van der Waals surface area contributed by atoms with Gasteiger partial charge in [-0.1, -0.05) is 47.6 Å². The third-order valence-electron chi connectivity index (χ3n) is 6.42. The maximum atomic E-state index is 13.3. The number of rotatable bonds is 7. The van der Waals surface area contributed by atoms with Crippen LogP contribution in [0.4, 0.5) is 0 Å². The van der Waals surface area contributed by atoms with E-state index in [1.54, 1.807) is 23.1 Å². The van der Waals surface area contributed by atoms with E-state index < -0.39 is 5.97 Å². The van der Waals surface area contributed by atoms with E-state index in [0.717, 1.165) is 30.6 Å². The molecule has 2 aliphatic rings. The van der Waals surface area contributed by atoms with E-state index >= 15 is 0 Å². The van der Waals surface area contributed by atoms with Crippen molar-refractivity contribution in [3.63, 3.8) is 0 Å². The van der Waals surface area contributed by atoms with Crippen LogP contribution in [-0.2, 0) is 14.4 Å². The Kier molecular flexibility index (Phi) is 6.70. The summed E-state index contributed by atoms with van der Waals surface area (Å²) in [5.74, 6) is 0.438. The summed E-state index contributed by atoms with van der Waals surface area (Å²) in [6.45, 7) is 1.34. The Morgan fingerprint density at radius 3 is 2.39 bits per heavy atom. The van der Waals surface area contributed by atoms with Crippen LogP contribution in [0.1, 0.15) is 22.8 Å². The zero-order valence-corrected chi connectivity index (χ0v) is 22.1. The number of hydrogen-bond acceptors (Lipinski definition) is 7. The molecule has 38 heavy (non-hydrogen) atoms. The molecule has 1 aliphatic carbocycles. The highest BCUT2D eigenvalue weighted by Gasteiger charge is 2.30. The molecule has 1 aliphatic heterocycles. The van der Waals surface area contributed by atoms with Gasteiger partial charge < -0.3 is 9.57 Å². The maximum Gasteiger partial charge on any atom is 0.331 e. The van der Waals surface area contributed by atoms with E-state index in [0.29, 0.717) is 22.8 Å². The number of carbonyl (C=O) groups is 2. The summed E-state index contributed by atoms with van der Waals surface area (Å²) < 4.78 is 8.13. The summed E-state index contributed by atoms with van der Waals surface area (Å²) in [7, 11) is 0. The van der Waals surface area contributed by atoms with E-state index in [9.17, 15) is 9.59 Å². The van der Waals surface area contributed by atoms with Gasteiger partial charge in [0.15, 0.2) is 5.76 Å². The molecule has 4 aromatic rings. The molecular weight excluding hydrogens is 514 g/mol. The predicted molar refractivity (Wildman–Crippen MR) is 154 cm³/mol. The van der Waals surface area contributed by atoms with Crippen molar-refractivity contribution in [2.45, 2.75) is 17.9 Å². The first kappa shape index (κ1) is 24.4. The van der Waals surface area contributed by atoms with E-state index in [4.69, 9.17) is 9.57 Å². The Morgan fingerprint density at radius 1 is 0.947 bits per heavy atom. The number of ether oxygens (including phenoxy) is 1. The number of oxime groups is 1. The largest absolute Gasteiger partial charge is 0.482 e. The van der Waals surface area contributed by atoms with Gasteiger partial charge in [-0.15, -0.1) is 23.1 Å². The van der Waals surface area contributed by atoms with Gasteiger partial charge in [0.25, 0.3) is 0 Å². The molecule has 0 amide bonds. The molecule has 3 aromatic carbocycles. The van der Waals surface area contributed by atoms with Crippen LogP contribution in [0.25, 0.3) is 20.2 Å². The van der Waals surface area contributed by atoms with Gasteiger partial charge in [-0.05, 0) is 54.6 Å². The SMILES string of the molecule is CC(=O)O/N=C(\CSc1ccccc1)c1ccc2sc3ccc(C(=O)C4=CC5C=CC=CC5O4)cc3c2c1. The highest BCUT2D eigenvalue weighted by molar-refractivity contribution is 8.00. The average molecular weight is 538 g/mol. The molecule has 2 unspecified atom stereocenters. The smallest absolute Gasteiger partial charge is 0.331 e. The first-order valence-electron chi connectivity index (χ1n) is 12.2. The lowest BCUT2D eigenvalue weighted by Crippen LogP contribution is -2.14. The van der Waals surface area contributed by atoms with Crippen molar-refractivity contribution in [2.75, 3.05) is 5.75 Å². The van der Waals surface area contributed by atoms with Crippen molar-refractivity contribution in [2.24, 2.45) is 11.1 Å². The lowest BCUT2D eigenvalue weighted by molar-refractivity contribution is -0.140. The zero-order chi connectivity index (χ0) is 26.1. The van der Waals surface area contributed by atoms with Crippen molar-refractivity contribution in [3.8, 4) is 0 Å². The highest BCUT2D eigenvalue weighted by Crippen LogP contribution is 2.37. The fraction of sp³-hybridized carbons (Fsp3) is 0.129. The van der Waals surface area contributed by atoms with Gasteiger partial charge in [-0.25, -0.2) is 4.79 Å². The molecular formula is C31H23NO4S2. The molecule has 5 nitrogen and oxygen atoms in total. The quantitative estimate of drug-likeness (QED) is 0.0812. The summed E-state index contributed by atoms with van der Waals surface area (Å²) in [5, 5.41) is 6.20. The Hall–Kier alpha value is -3.94. The highest BCUT2D eigenvalue weighted by atomic mass is 32.2. The van der Waals surface area contributed by atoms with Crippen LogP contribution in [0, 0.1) is 5.92 Å². The molecule has 0 spiro atoms. The molecule has 6 rings (SSSR count). The van der Waals surface area contributed by atoms with Gasteiger partial charge in [-0.3, -0.25) is 4.79 Å². The number of fused-ring (bicyclic) bond motifs is 4. The molecule has 0 N–H and O–H groups in total. The van der Waals surface area contributed by atoms with E-state index in [2.05, 4.69) is 17.3 Å². The minimum Gasteiger partial charge on any atom is -0.482 e. The van der Waals surface area contributed by atoms with Crippen LogP contribution in [0.3, 0.4) is 0 Å². The predicted octanol–water partition coefficient (Wildman–Crippen LogP) is 7.32. The molecule has 0 radical (unpaired) electrons. The van der Waals surface area contributed by atoms with Crippen molar-refractivity contribution in [1.82, 2.24) is 0 Å². The normalized spacial score (nSPS) is 18.3. The standard InChI is InChI=1S/C31H23NO4S2/c1-19(33)36-32-26(18-37-23-8-3-2-4-9-23)20-11-13-29-24(15-20)25-16-22(12-14-30(25)38-29)31(34)28-17-21-7-5-6-10-27(21)35-28/h2-17,21,27H,18H2,1H3/b32-26+. The first-order valence-corrected chi connectivity index (χ1v) is 14.0. The molecule has 2 atom stereocenters. The van der Waals surface area contributed by atoms with Crippen molar-refractivity contribution >= 4 is 60.7 Å². The minimum absolute atomic E-state index is 0.0934. The molecule has 0 bridgehead atoms. The Morgan fingerprint density at radius 2 is 1.66 bits per heavy atom. The molecule has 0 saturated carbocycles. The van der Waals surface area contributed by atoms with Gasteiger partial charge in [-0.2, -0.15) is 0 Å². The van der Waals surface area contributed by atoms with Crippen molar-refractivity contribution in [1.29, 1.82) is 0 Å². The monoisotopic (exact) mass is 537 g/mol. The number of thioether (sulfide) groups is 1. The lowest BCUT2D eigenvalue weighted by atomic mass is 9.98. The molecule has 1 aromatic heterocycles. The van der Waals surface area contributed by atoms with Gasteiger partial charge in [0.1, 0.15) is 6.10 Å². The fourth-order valence-corrected chi connectivity index (χ4v) is 6.49. The number of benzene rings is 3. The van der Waals surface area contributed by atoms with Crippen LogP contribution in [0.15, 0.2) is 113 Å². The summed E-state index contributed by atoms with van der Waals surface area (Å²) in [6, 6.07) is 21.9. The second-order valence-corrected chi connectivity index (χ2v) is 11.2. The molecule has 2 heterocycles. The third kappa shape index (κ3) is 4.95. The van der Waals surface area contributed by atoms with Crippen LogP contribution in [-0.4, -0.2) is 29.3 Å². The summed E-state index contributed by atoms with van der Waals surface area (Å²) in [6.07, 6.45) is 9.74. The fourth-order valence-electron chi connectivity index (χ4n) is 4.55. The molecule has 188 valence electrons. The van der Waals surface area contributed by atoms with Crippen molar-refractivity contribution < 1.29 is 19.2 Å². The number of Topliss-reactive ketones (excluding diaryl/α,β-unsaturated/α-hetero) is 1. The van der Waals surface area contributed by atoms with Gasteiger partial charge >= 0.3 is 5.97 Å². The van der Waals surface area contributed by atoms with E-state index in [1.807, 2.05) is 85.0 Å². The number of thiophene rings is 1. The van der Waals surface area contributed by atoms with Gasteiger partial charge in [0, 0.05) is 54.8 Å². The van der Waals surface area contributed by atoms with Crippen LogP contribution < -0.4 is 0 Å². The number of allylic oxidation sites excluding steroid dienone is 3. The molecule has 0 saturated heterocycles. The Labute approximate surface area is 228 Å². The molecule has 0 fully saturated rings. The number of ketones is 1. The Balaban J connectivity index is 1.34. The molecule has 7 heteroatoms. The third-order valence-corrected chi connectivity index (χ3v) is 8.60. The van der Waals surface area contributed by atoms with Crippen LogP contribution in [0.5, 0.6) is 0 Å². The van der Waals surface area contributed by atoms with Gasteiger partial charge in [0.2, 0.25) is 5.78 Å². The summed E-state index contributed by atoms with van der Waals surface area (Å²) in [5.41, 5.74) is 2.12. The summed E-state index contributed by atoms with van der Waals surface area (Å²) in [4.78, 5) is 31.0. The number of carbonyl (C=O) groups excluding carboxylic acids is 2. The first-order chi connectivity index (χ1) is 18.5. The second-order valence-electron chi connectivity index (χ2n) is 9.04. The van der Waals surface area contributed by atoms with E-state index in [1.165, 1.54) is 6.92 Å². The van der Waals surface area contributed by atoms with Crippen LogP contribution >= 0.6 is 23.1 Å². The number of nitrogens with zero attached hydrogens (tertiary/aromatic N) is 1. The maximum absolute atomic E-state index is 13.3. The average Bonchev–Trinajstić information content (AvgIpc) is 3.54. The van der Waals surface area contributed by atoms with Gasteiger partial charge in [0.05, 0.1) is 5.71 Å². The summed E-state index contributed by atoms with van der Waals surface area (Å²) >= 11 is 3.29. The number of hydrogen-bond donors (Lipinski definition) is 0. The Bertz CT molecular complexity index is 1680. The minimum atomic E-state index is -0.466. The topological polar surface area (TPSA) is 65.0 Å². The van der Waals surface area contributed by atoms with Crippen LogP contribution in [0.2, 0.25) is 0 Å².